The maximum Gasteiger partial charge on any atom is 0.311 e. The van der Waals surface area contributed by atoms with Gasteiger partial charge in [0.1, 0.15) is 11.5 Å². The van der Waals surface area contributed by atoms with Crippen LogP contribution in [-0.4, -0.2) is 97.0 Å². The average molecular weight is 609 g/mol. The maximum absolute atomic E-state index is 13.1. The number of benzene rings is 2. The molecule has 2 saturated heterocycles. The van der Waals surface area contributed by atoms with Crippen molar-refractivity contribution >= 4 is 23.5 Å². The van der Waals surface area contributed by atoms with Crippen molar-refractivity contribution < 1.29 is 38.1 Å². The first kappa shape index (κ1) is 33.5. The van der Waals surface area contributed by atoms with Crippen LogP contribution in [0.4, 0.5) is 0 Å². The van der Waals surface area contributed by atoms with Crippen LogP contribution in [0.25, 0.3) is 0 Å². The van der Waals surface area contributed by atoms with E-state index < -0.39 is 23.0 Å². The van der Waals surface area contributed by atoms with E-state index in [9.17, 15) is 19.2 Å². The van der Waals surface area contributed by atoms with Gasteiger partial charge in [-0.25, -0.2) is 0 Å². The van der Waals surface area contributed by atoms with E-state index in [1.165, 1.54) is 0 Å². The standard InChI is InChI=1S/C34H44N2O8/c1-33(2,35-17-21-41-22-18-35)31(39)25-9-13-27(14-10-25)43-29(37)7-5-6-8-30(38)44-28-15-11-26(12-16-28)32(40)34(3,4)36-19-23-42-24-20-36/h9-16H,5-8,17-24H2,1-4H3. The fraction of sp³-hybridized carbons (Fsp3) is 0.529. The fourth-order valence-electron chi connectivity index (χ4n) is 5.49. The Morgan fingerprint density at radius 3 is 1.23 bits per heavy atom. The second-order valence-corrected chi connectivity index (χ2v) is 12.2. The molecule has 0 N–H and O–H groups in total. The van der Waals surface area contributed by atoms with Crippen LogP contribution in [0.5, 0.6) is 11.5 Å². The van der Waals surface area contributed by atoms with Crippen molar-refractivity contribution in [3.05, 3.63) is 59.7 Å². The monoisotopic (exact) mass is 608 g/mol. The Morgan fingerprint density at radius 2 is 0.909 bits per heavy atom. The molecule has 0 radical (unpaired) electrons. The summed E-state index contributed by atoms with van der Waals surface area (Å²) in [6, 6.07) is 13.2. The van der Waals surface area contributed by atoms with Gasteiger partial charge in [-0.05, 0) is 89.1 Å². The highest BCUT2D eigenvalue weighted by atomic mass is 16.5. The Balaban J connectivity index is 1.16. The summed E-state index contributed by atoms with van der Waals surface area (Å²) in [5.74, 6) is -0.0869. The van der Waals surface area contributed by atoms with Crippen LogP contribution in [0.2, 0.25) is 0 Å². The number of carbonyl (C=O) groups is 4. The summed E-state index contributed by atoms with van der Waals surface area (Å²) >= 11 is 0. The molecular weight excluding hydrogens is 564 g/mol. The van der Waals surface area contributed by atoms with Crippen LogP contribution in [0.1, 0.15) is 74.1 Å². The van der Waals surface area contributed by atoms with Gasteiger partial charge in [-0.1, -0.05) is 0 Å². The number of carbonyl (C=O) groups excluding carboxylic acids is 4. The van der Waals surface area contributed by atoms with E-state index in [0.29, 0.717) is 88.1 Å². The number of ketones is 2. The number of hydrogen-bond acceptors (Lipinski definition) is 10. The van der Waals surface area contributed by atoms with Crippen molar-refractivity contribution in [2.45, 2.75) is 64.5 Å². The highest BCUT2D eigenvalue weighted by Gasteiger charge is 2.37. The zero-order valence-corrected chi connectivity index (χ0v) is 26.3. The summed E-state index contributed by atoms with van der Waals surface area (Å²) in [4.78, 5) is 55.2. The van der Waals surface area contributed by atoms with Crippen LogP contribution >= 0.6 is 0 Å². The Hall–Kier alpha value is -3.44. The number of Topliss-reactive ketones (excluding diaryl/α,β-unsaturated/α-hetero) is 2. The lowest BCUT2D eigenvalue weighted by molar-refractivity contribution is -0.136. The minimum Gasteiger partial charge on any atom is -0.427 e. The number of hydrogen-bond donors (Lipinski definition) is 0. The van der Waals surface area contributed by atoms with E-state index in [-0.39, 0.29) is 24.4 Å². The van der Waals surface area contributed by atoms with Gasteiger partial charge in [-0.15, -0.1) is 0 Å². The lowest BCUT2D eigenvalue weighted by Crippen LogP contribution is -2.54. The number of morpholine rings is 2. The van der Waals surface area contributed by atoms with Crippen LogP contribution in [0, 0.1) is 0 Å². The molecule has 0 spiro atoms. The molecule has 10 heteroatoms. The molecule has 0 aliphatic carbocycles. The largest absolute Gasteiger partial charge is 0.427 e. The second-order valence-electron chi connectivity index (χ2n) is 12.2. The SMILES string of the molecule is CC(C)(C(=O)c1ccc(OC(=O)CCCCC(=O)Oc2ccc(C(=O)C(C)(C)N3CCOCC3)cc2)cc1)N1CCOCC1. The third kappa shape index (κ3) is 8.59. The Labute approximate surface area is 259 Å². The van der Waals surface area contributed by atoms with Crippen molar-refractivity contribution in [1.29, 1.82) is 0 Å². The summed E-state index contributed by atoms with van der Waals surface area (Å²) in [6.45, 7) is 12.9. The number of rotatable bonds is 13. The van der Waals surface area contributed by atoms with E-state index in [2.05, 4.69) is 9.80 Å². The molecule has 44 heavy (non-hydrogen) atoms. The summed E-state index contributed by atoms with van der Waals surface area (Å²) in [5, 5.41) is 0. The first-order chi connectivity index (χ1) is 21.0. The van der Waals surface area contributed by atoms with Gasteiger partial charge in [0.25, 0.3) is 0 Å². The summed E-state index contributed by atoms with van der Waals surface area (Å²) < 4.78 is 21.6. The molecule has 2 aromatic carbocycles. The first-order valence-corrected chi connectivity index (χ1v) is 15.3. The molecule has 0 amide bonds. The molecule has 0 unspecified atom stereocenters. The van der Waals surface area contributed by atoms with Gasteiger partial charge in [-0.2, -0.15) is 0 Å². The molecule has 10 nitrogen and oxygen atoms in total. The molecular formula is C34H44N2O8. The van der Waals surface area contributed by atoms with Crippen molar-refractivity contribution in [3.63, 3.8) is 0 Å². The van der Waals surface area contributed by atoms with E-state index in [0.717, 1.165) is 0 Å². The van der Waals surface area contributed by atoms with Crippen LogP contribution in [0.3, 0.4) is 0 Å². The minimum absolute atomic E-state index is 0.00122. The quantitative estimate of drug-likeness (QED) is 0.141. The highest BCUT2D eigenvalue weighted by Crippen LogP contribution is 2.25. The van der Waals surface area contributed by atoms with Crippen molar-refractivity contribution in [1.82, 2.24) is 9.80 Å². The van der Waals surface area contributed by atoms with E-state index in [4.69, 9.17) is 18.9 Å². The Kier molecular flexibility index (Phi) is 11.4. The third-order valence-electron chi connectivity index (χ3n) is 8.42. The third-order valence-corrected chi connectivity index (χ3v) is 8.42. The molecule has 2 fully saturated rings. The number of nitrogens with zero attached hydrogens (tertiary/aromatic N) is 2. The normalized spacial score (nSPS) is 16.7. The van der Waals surface area contributed by atoms with Gasteiger partial charge in [0.15, 0.2) is 11.6 Å². The van der Waals surface area contributed by atoms with Crippen LogP contribution in [0.15, 0.2) is 48.5 Å². The predicted molar refractivity (Wildman–Crippen MR) is 164 cm³/mol. The maximum atomic E-state index is 13.1. The van der Waals surface area contributed by atoms with E-state index >= 15 is 0 Å². The van der Waals surface area contributed by atoms with Crippen LogP contribution < -0.4 is 9.47 Å². The molecule has 2 aromatic rings. The lowest BCUT2D eigenvalue weighted by Gasteiger charge is -2.39. The summed E-state index contributed by atoms with van der Waals surface area (Å²) in [5.41, 5.74) is -0.214. The molecule has 2 heterocycles. The van der Waals surface area contributed by atoms with E-state index in [1.807, 2.05) is 27.7 Å². The molecule has 0 saturated carbocycles. The molecule has 0 bridgehead atoms. The highest BCUT2D eigenvalue weighted by molar-refractivity contribution is 6.03. The first-order valence-electron chi connectivity index (χ1n) is 15.3. The predicted octanol–water partition coefficient (Wildman–Crippen LogP) is 4.35. The topological polar surface area (TPSA) is 112 Å². The van der Waals surface area contributed by atoms with E-state index in [1.54, 1.807) is 48.5 Å². The molecule has 0 aromatic heterocycles. The molecule has 4 rings (SSSR count). The van der Waals surface area contributed by atoms with Gasteiger partial charge < -0.3 is 18.9 Å². The molecule has 2 aliphatic rings. The second kappa shape index (κ2) is 15.0. The van der Waals surface area contributed by atoms with Crippen molar-refractivity contribution in [3.8, 4) is 11.5 Å². The van der Waals surface area contributed by atoms with Crippen LogP contribution in [-0.2, 0) is 19.1 Å². The zero-order valence-electron chi connectivity index (χ0n) is 26.3. The van der Waals surface area contributed by atoms with Gasteiger partial charge in [0, 0.05) is 50.1 Å². The van der Waals surface area contributed by atoms with Gasteiger partial charge in [0.05, 0.1) is 37.5 Å². The summed E-state index contributed by atoms with van der Waals surface area (Å²) in [7, 11) is 0. The van der Waals surface area contributed by atoms with Gasteiger partial charge in [0.2, 0.25) is 0 Å². The van der Waals surface area contributed by atoms with Gasteiger partial charge in [-0.3, -0.25) is 29.0 Å². The number of ether oxygens (including phenoxy) is 4. The van der Waals surface area contributed by atoms with Gasteiger partial charge >= 0.3 is 11.9 Å². The molecule has 0 atom stereocenters. The van der Waals surface area contributed by atoms with Crippen molar-refractivity contribution in [2.24, 2.45) is 0 Å². The van der Waals surface area contributed by atoms with Crippen molar-refractivity contribution in [2.75, 3.05) is 52.6 Å². The Morgan fingerprint density at radius 1 is 0.591 bits per heavy atom. The average Bonchev–Trinajstić information content (AvgIpc) is 3.04. The number of unbranched alkanes of at least 4 members (excludes halogenated alkanes) is 1. The molecule has 2 aliphatic heterocycles. The fourth-order valence-corrected chi connectivity index (χ4v) is 5.49. The smallest absolute Gasteiger partial charge is 0.311 e. The molecule has 238 valence electrons. The zero-order chi connectivity index (χ0) is 31.7. The minimum atomic E-state index is -0.661. The summed E-state index contributed by atoms with van der Waals surface area (Å²) in [6.07, 6.45) is 1.21. The number of esters is 2. The Bertz CT molecular complexity index is 1190. The lowest BCUT2D eigenvalue weighted by atomic mass is 9.91.